The fourth-order valence-electron chi connectivity index (χ4n) is 4.93. The highest BCUT2D eigenvalue weighted by atomic mass is 14.5. The molecule has 0 bridgehead atoms. The van der Waals surface area contributed by atoms with Gasteiger partial charge in [-0.25, -0.2) is 0 Å². The van der Waals surface area contributed by atoms with Crippen LogP contribution in [0.5, 0.6) is 0 Å². The van der Waals surface area contributed by atoms with Crippen LogP contribution >= 0.6 is 0 Å². The Labute approximate surface area is 185 Å². The first-order valence-electron chi connectivity index (χ1n) is 10.9. The quantitative estimate of drug-likeness (QED) is 0.502. The Morgan fingerprint density at radius 3 is 1.42 bits per heavy atom. The monoisotopic (exact) mass is 409 g/mol. The predicted molar refractivity (Wildman–Crippen MR) is 129 cm³/mol. The lowest BCUT2D eigenvalue weighted by molar-refractivity contribution is 0.506. The minimum absolute atomic E-state index is 0.168. The van der Waals surface area contributed by atoms with Crippen LogP contribution in [0.3, 0.4) is 0 Å². The third kappa shape index (κ3) is 3.77. The van der Waals surface area contributed by atoms with E-state index in [9.17, 15) is 0 Å². The Kier molecular flexibility index (Phi) is 6.19. The summed E-state index contributed by atoms with van der Waals surface area (Å²) in [4.78, 5) is 0. The van der Waals surface area contributed by atoms with Crippen molar-refractivity contribution in [3.8, 4) is 0 Å². The Hall–Kier alpha value is -2.98. The van der Waals surface area contributed by atoms with Gasteiger partial charge in [0.15, 0.2) is 0 Å². The molecule has 0 fully saturated rings. The second kappa shape index (κ2) is 9.03. The summed E-state index contributed by atoms with van der Waals surface area (Å²) in [6.07, 6.45) is 6.70. The molecule has 1 aliphatic rings. The predicted octanol–water partition coefficient (Wildman–Crippen LogP) is 4.53. The van der Waals surface area contributed by atoms with E-state index in [1.807, 2.05) is 0 Å². The van der Waals surface area contributed by atoms with Gasteiger partial charge in [0.2, 0.25) is 0 Å². The van der Waals surface area contributed by atoms with Crippen molar-refractivity contribution in [1.29, 1.82) is 0 Å². The summed E-state index contributed by atoms with van der Waals surface area (Å²) >= 11 is 0. The molecule has 3 aromatic rings. The van der Waals surface area contributed by atoms with Crippen molar-refractivity contribution in [3.05, 3.63) is 130 Å². The maximum absolute atomic E-state index is 6.05. The molecule has 158 valence electrons. The molecule has 3 aromatic carbocycles. The molecule has 0 spiro atoms. The van der Waals surface area contributed by atoms with Crippen LogP contribution in [0.15, 0.2) is 96.6 Å². The van der Waals surface area contributed by atoms with Gasteiger partial charge in [0.05, 0.1) is 5.41 Å². The van der Waals surface area contributed by atoms with E-state index in [0.29, 0.717) is 19.6 Å². The van der Waals surface area contributed by atoms with Crippen LogP contribution in [0, 0.1) is 5.92 Å². The molecule has 31 heavy (non-hydrogen) atoms. The fraction of sp³-hybridized carbons (Fsp3) is 0.214. The van der Waals surface area contributed by atoms with E-state index >= 15 is 0 Å². The first-order valence-corrected chi connectivity index (χ1v) is 10.9. The highest BCUT2D eigenvalue weighted by Crippen LogP contribution is 2.50. The molecule has 3 nitrogen and oxygen atoms in total. The minimum atomic E-state index is -0.422. The van der Waals surface area contributed by atoms with Gasteiger partial charge in [-0.15, -0.1) is 0 Å². The normalized spacial score (nSPS) is 15.9. The van der Waals surface area contributed by atoms with E-state index in [0.717, 1.165) is 16.7 Å². The molecule has 1 atom stereocenters. The topological polar surface area (TPSA) is 78.1 Å². The summed E-state index contributed by atoms with van der Waals surface area (Å²) in [6.45, 7) is 3.73. The molecule has 6 N–H and O–H groups in total. The van der Waals surface area contributed by atoms with E-state index in [4.69, 9.17) is 17.2 Å². The average molecular weight is 410 g/mol. The van der Waals surface area contributed by atoms with Crippen LogP contribution in [-0.2, 0) is 25.0 Å². The van der Waals surface area contributed by atoms with Crippen LogP contribution in [0.25, 0.3) is 0 Å². The van der Waals surface area contributed by atoms with E-state index < -0.39 is 5.41 Å². The van der Waals surface area contributed by atoms with Crippen LogP contribution in [0.4, 0.5) is 0 Å². The van der Waals surface area contributed by atoms with Crippen molar-refractivity contribution < 1.29 is 0 Å². The second-order valence-corrected chi connectivity index (χ2v) is 8.29. The third-order valence-corrected chi connectivity index (χ3v) is 6.47. The van der Waals surface area contributed by atoms with Gasteiger partial charge >= 0.3 is 0 Å². The van der Waals surface area contributed by atoms with E-state index in [1.165, 1.54) is 22.3 Å². The number of benzene rings is 3. The van der Waals surface area contributed by atoms with Crippen molar-refractivity contribution in [2.75, 3.05) is 0 Å². The number of hydrogen-bond donors (Lipinski definition) is 3. The van der Waals surface area contributed by atoms with Crippen molar-refractivity contribution in [1.82, 2.24) is 0 Å². The fourth-order valence-corrected chi connectivity index (χ4v) is 4.93. The molecule has 1 aliphatic carbocycles. The molecular weight excluding hydrogens is 378 g/mol. The van der Waals surface area contributed by atoms with E-state index in [1.54, 1.807) is 0 Å². The standard InChI is InChI=1S/C28H31N3/c1-20-6-2-13-27(20)28(24-10-3-7-21(14-24)17-29,25-11-4-8-22(15-25)18-30)26-12-5-9-23(16-26)19-31/h2-16,27H,17-19,29-31H2,1H3. The summed E-state index contributed by atoms with van der Waals surface area (Å²) in [5.74, 6) is 0.168. The zero-order valence-electron chi connectivity index (χ0n) is 18.1. The number of allylic oxidation sites excluding steroid dienone is 4. The lowest BCUT2D eigenvalue weighted by atomic mass is 9.60. The van der Waals surface area contributed by atoms with Crippen LogP contribution < -0.4 is 17.2 Å². The molecule has 3 heteroatoms. The summed E-state index contributed by atoms with van der Waals surface area (Å²) in [6, 6.07) is 26.1. The second-order valence-electron chi connectivity index (χ2n) is 8.29. The smallest absolute Gasteiger partial charge is 0.0551 e. The van der Waals surface area contributed by atoms with Gasteiger partial charge in [0, 0.05) is 25.6 Å². The molecule has 0 saturated heterocycles. The number of hydrogen-bond acceptors (Lipinski definition) is 3. The van der Waals surface area contributed by atoms with Gasteiger partial charge in [-0.2, -0.15) is 0 Å². The number of rotatable bonds is 7. The van der Waals surface area contributed by atoms with Gasteiger partial charge in [-0.3, -0.25) is 0 Å². The summed E-state index contributed by atoms with van der Waals surface area (Å²) in [5.41, 5.74) is 26.1. The van der Waals surface area contributed by atoms with Gasteiger partial charge in [-0.1, -0.05) is 96.6 Å². The van der Waals surface area contributed by atoms with E-state index in [-0.39, 0.29) is 5.92 Å². The van der Waals surface area contributed by atoms with Crippen LogP contribution in [0.1, 0.15) is 40.3 Å². The van der Waals surface area contributed by atoms with Gasteiger partial charge in [0.1, 0.15) is 0 Å². The van der Waals surface area contributed by atoms with Crippen molar-refractivity contribution >= 4 is 0 Å². The maximum atomic E-state index is 6.05. The first kappa shape index (κ1) is 21.3. The molecule has 0 aromatic heterocycles. The highest BCUT2D eigenvalue weighted by molar-refractivity contribution is 5.57. The summed E-state index contributed by atoms with van der Waals surface area (Å²) in [5, 5.41) is 0. The Morgan fingerprint density at radius 2 is 1.10 bits per heavy atom. The zero-order chi connectivity index (χ0) is 21.8. The SMILES string of the molecule is CC1=CC=CC1C(c1cccc(CN)c1)(c1cccc(CN)c1)c1cccc(CN)c1. The molecule has 1 unspecified atom stereocenters. The first-order chi connectivity index (χ1) is 15.1. The summed E-state index contributed by atoms with van der Waals surface area (Å²) < 4.78 is 0. The van der Waals surface area contributed by atoms with Crippen molar-refractivity contribution in [3.63, 3.8) is 0 Å². The molecule has 0 radical (unpaired) electrons. The number of nitrogens with two attached hydrogens (primary N) is 3. The Bertz CT molecular complexity index is 1010. The van der Waals surface area contributed by atoms with Gasteiger partial charge < -0.3 is 17.2 Å². The largest absolute Gasteiger partial charge is 0.326 e. The van der Waals surface area contributed by atoms with Gasteiger partial charge in [-0.05, 0) is 40.3 Å². The maximum Gasteiger partial charge on any atom is 0.0551 e. The molecule has 0 saturated carbocycles. The molecule has 0 aliphatic heterocycles. The van der Waals surface area contributed by atoms with Crippen LogP contribution in [-0.4, -0.2) is 0 Å². The Morgan fingerprint density at radius 1 is 0.677 bits per heavy atom. The third-order valence-electron chi connectivity index (χ3n) is 6.47. The molecule has 0 amide bonds. The lowest BCUT2D eigenvalue weighted by Crippen LogP contribution is -2.37. The lowest BCUT2D eigenvalue weighted by Gasteiger charge is -2.42. The van der Waals surface area contributed by atoms with Gasteiger partial charge in [0.25, 0.3) is 0 Å². The van der Waals surface area contributed by atoms with Crippen LogP contribution in [0.2, 0.25) is 0 Å². The summed E-state index contributed by atoms with van der Waals surface area (Å²) in [7, 11) is 0. The molecule has 0 heterocycles. The minimum Gasteiger partial charge on any atom is -0.326 e. The average Bonchev–Trinajstić information content (AvgIpc) is 3.26. The molecule has 4 rings (SSSR count). The highest BCUT2D eigenvalue weighted by Gasteiger charge is 2.44. The zero-order valence-corrected chi connectivity index (χ0v) is 18.1. The van der Waals surface area contributed by atoms with E-state index in [2.05, 4.69) is 97.9 Å². The molecular formula is C28H31N3. The Balaban J connectivity index is 2.12. The van der Waals surface area contributed by atoms with Crippen molar-refractivity contribution in [2.24, 2.45) is 23.1 Å². The van der Waals surface area contributed by atoms with Crippen molar-refractivity contribution in [2.45, 2.75) is 32.0 Å².